The number of rotatable bonds is 14. The van der Waals surface area contributed by atoms with Crippen LogP contribution in [0.5, 0.6) is 0 Å². The Balaban J connectivity index is 1.73. The molecule has 0 amide bonds. The maximum absolute atomic E-state index is 14.2. The van der Waals surface area contributed by atoms with Gasteiger partial charge in [0.1, 0.15) is 24.9 Å². The summed E-state index contributed by atoms with van der Waals surface area (Å²) in [5.74, 6) is 1.99. The minimum Gasteiger partial charge on any atom is -0.462 e. The first-order valence-corrected chi connectivity index (χ1v) is 13.1. The van der Waals surface area contributed by atoms with Crippen LogP contribution in [0, 0.1) is 12.3 Å². The first-order valence-electron chi connectivity index (χ1n) is 11.8. The molecule has 1 fully saturated rings. The van der Waals surface area contributed by atoms with Crippen LogP contribution in [0.1, 0.15) is 39.8 Å². The van der Waals surface area contributed by atoms with E-state index in [-0.39, 0.29) is 17.7 Å². The summed E-state index contributed by atoms with van der Waals surface area (Å²) in [5, 5.41) is 12.7. The number of halogens is 1. The number of terminal acetylenes is 1. The van der Waals surface area contributed by atoms with E-state index < -0.39 is 51.9 Å². The van der Waals surface area contributed by atoms with Crippen molar-refractivity contribution in [2.24, 2.45) is 0 Å². The van der Waals surface area contributed by atoms with Gasteiger partial charge in [0, 0.05) is 13.1 Å². The van der Waals surface area contributed by atoms with E-state index >= 15 is 0 Å². The van der Waals surface area contributed by atoms with E-state index in [0.29, 0.717) is 17.4 Å². The molecule has 0 aromatic carbocycles. The third-order valence-electron chi connectivity index (χ3n) is 5.56. The van der Waals surface area contributed by atoms with Crippen molar-refractivity contribution in [2.75, 3.05) is 31.0 Å². The molecule has 204 valence electrons. The number of anilines is 2. The molecule has 2 unspecified atom stereocenters. The molecule has 5 atom stereocenters. The van der Waals surface area contributed by atoms with Crippen molar-refractivity contribution in [1.82, 2.24) is 24.6 Å². The van der Waals surface area contributed by atoms with Gasteiger partial charge >= 0.3 is 5.97 Å². The quantitative estimate of drug-likeness (QED) is 0.178. The molecule has 2 aromatic rings. The zero-order chi connectivity index (χ0) is 27.3. The Morgan fingerprint density at radius 1 is 1.43 bits per heavy atom. The number of carbonyl (C=O) groups is 1. The van der Waals surface area contributed by atoms with E-state index in [1.807, 2.05) is 11.9 Å². The van der Waals surface area contributed by atoms with Gasteiger partial charge in [0.25, 0.3) is 8.18 Å². The molecule has 0 aliphatic heterocycles. The van der Waals surface area contributed by atoms with Crippen LogP contribution in [0.3, 0.4) is 0 Å². The van der Waals surface area contributed by atoms with Gasteiger partial charge in [0.05, 0.1) is 19.0 Å². The third kappa shape index (κ3) is 7.37. The number of fused-ring (bicyclic) bond motifs is 1. The Morgan fingerprint density at radius 3 is 2.73 bits per heavy atom. The second-order valence-electron chi connectivity index (χ2n) is 8.92. The molecule has 0 saturated heterocycles. The predicted octanol–water partition coefficient (Wildman–Crippen LogP) is 1.19. The minimum absolute atomic E-state index is 0.0207. The molecule has 37 heavy (non-hydrogen) atoms. The molecular formula is C22H33FN7O6P. The number of aliphatic hydroxyl groups excluding tert-OH is 1. The predicted molar refractivity (Wildman–Crippen MR) is 135 cm³/mol. The van der Waals surface area contributed by atoms with E-state index in [1.54, 1.807) is 13.8 Å². The zero-order valence-electron chi connectivity index (χ0n) is 21.1. The van der Waals surface area contributed by atoms with Crippen LogP contribution in [0.25, 0.3) is 11.2 Å². The van der Waals surface area contributed by atoms with Crippen molar-refractivity contribution in [3.05, 3.63) is 6.33 Å². The lowest BCUT2D eigenvalue weighted by molar-refractivity contribution is -0.149. The number of imidazole rings is 1. The number of hydrogen-bond donors (Lipinski definition) is 3. The molecule has 1 saturated carbocycles. The largest absolute Gasteiger partial charge is 0.462 e. The third-order valence-corrected chi connectivity index (χ3v) is 6.66. The number of ether oxygens (including phenoxy) is 2. The van der Waals surface area contributed by atoms with Crippen molar-refractivity contribution in [2.45, 2.75) is 70.2 Å². The summed E-state index contributed by atoms with van der Waals surface area (Å²) < 4.78 is 43.9. The van der Waals surface area contributed by atoms with Crippen molar-refractivity contribution in [3.63, 3.8) is 0 Å². The number of carbonyl (C=O) groups excluding carboxylic acids is 1. The molecule has 0 bridgehead atoms. The number of nitrogens with one attached hydrogen (secondary N) is 1. The molecule has 2 aromatic heterocycles. The Bertz CT molecular complexity index is 1150. The highest BCUT2D eigenvalue weighted by atomic mass is 31.1. The first kappa shape index (κ1) is 28.7. The number of nitrogens with two attached hydrogens (primary N) is 1. The number of hydrogen-bond acceptors (Lipinski definition) is 11. The van der Waals surface area contributed by atoms with Crippen molar-refractivity contribution >= 4 is 37.1 Å². The normalized spacial score (nSPS) is 17.7. The van der Waals surface area contributed by atoms with Crippen LogP contribution >= 0.6 is 8.18 Å². The molecule has 4 N–H and O–H groups in total. The highest BCUT2D eigenvalue weighted by molar-refractivity contribution is 7.36. The molecule has 0 radical (unpaired) electrons. The van der Waals surface area contributed by atoms with Gasteiger partial charge in [-0.25, -0.2) is 14.5 Å². The molecule has 1 aliphatic carbocycles. The number of aromatic nitrogens is 4. The van der Waals surface area contributed by atoms with Crippen LogP contribution in [0.2, 0.25) is 0 Å². The lowest BCUT2D eigenvalue weighted by atomic mass is 10.2. The summed E-state index contributed by atoms with van der Waals surface area (Å²) in [6.45, 7) is 3.34. The lowest BCUT2D eigenvalue weighted by Crippen LogP contribution is -2.36. The second kappa shape index (κ2) is 12.6. The van der Waals surface area contributed by atoms with E-state index in [4.69, 9.17) is 26.2 Å². The molecule has 13 nitrogen and oxygen atoms in total. The highest BCUT2D eigenvalue weighted by Gasteiger charge is 2.31. The maximum atomic E-state index is 14.2. The molecule has 3 rings (SSSR count). The van der Waals surface area contributed by atoms with Crippen molar-refractivity contribution in [1.29, 1.82) is 0 Å². The SMILES string of the molecule is C#C[C@H](O)C(CO[PH](=O)N[C@@H](C)C(=O)OC(C)C)O[C@H](CF)n1cnc2c(N(C)C3CC3)nc(N)nc21. The van der Waals surface area contributed by atoms with Gasteiger partial charge < -0.3 is 29.7 Å². The van der Waals surface area contributed by atoms with E-state index in [0.717, 1.165) is 12.8 Å². The smallest absolute Gasteiger partial charge is 0.323 e. The number of esters is 1. The summed E-state index contributed by atoms with van der Waals surface area (Å²) in [7, 11) is -1.10. The summed E-state index contributed by atoms with van der Waals surface area (Å²) in [6, 6.07) is -0.593. The monoisotopic (exact) mass is 541 g/mol. The van der Waals surface area contributed by atoms with Crippen LogP contribution in [0.15, 0.2) is 6.33 Å². The van der Waals surface area contributed by atoms with Crippen LogP contribution in [-0.4, -0.2) is 81.3 Å². The Hall–Kier alpha value is -2.82. The topological polar surface area (TPSA) is 167 Å². The average molecular weight is 542 g/mol. The van der Waals surface area contributed by atoms with Crippen LogP contribution < -0.4 is 15.7 Å². The van der Waals surface area contributed by atoms with Crippen LogP contribution in [0.4, 0.5) is 16.2 Å². The Kier molecular flexibility index (Phi) is 9.80. The summed E-state index contributed by atoms with van der Waals surface area (Å²) in [4.78, 5) is 26.7. The summed E-state index contributed by atoms with van der Waals surface area (Å²) in [6.07, 6.45) is 4.26. The fourth-order valence-corrected chi connectivity index (χ4v) is 4.34. The molecule has 2 heterocycles. The molecule has 15 heteroatoms. The number of aliphatic hydroxyl groups is 1. The highest BCUT2D eigenvalue weighted by Crippen LogP contribution is 2.33. The summed E-state index contributed by atoms with van der Waals surface area (Å²) >= 11 is 0. The van der Waals surface area contributed by atoms with Gasteiger partial charge in [-0.1, -0.05) is 5.92 Å². The maximum Gasteiger partial charge on any atom is 0.323 e. The molecule has 1 aliphatic rings. The average Bonchev–Trinajstić information content (AvgIpc) is 3.62. The number of alkyl halides is 1. The Morgan fingerprint density at radius 2 is 2.14 bits per heavy atom. The van der Waals surface area contributed by atoms with Gasteiger partial charge in [-0.05, 0) is 33.6 Å². The minimum atomic E-state index is -2.97. The fraction of sp³-hybridized carbons (Fsp3) is 0.636. The van der Waals surface area contributed by atoms with E-state index in [2.05, 4.69) is 26.0 Å². The standard InChI is InChI=1S/C22H33FN7O6P/c1-6-15(31)16(10-34-37(33)28-13(4)21(32)35-12(2)3)36-17(9-23)30-11-25-18-19(29(5)14-7-8-14)26-22(24)27-20(18)30/h1,11-17,31,37H,7-10H2,2-5H3,(H,28,33)(H2,24,26,27)/t13-,15-,16?,17+/m0/s1. The Labute approximate surface area is 214 Å². The van der Waals surface area contributed by atoms with Crippen molar-refractivity contribution in [3.8, 4) is 12.3 Å². The van der Waals surface area contributed by atoms with Gasteiger partial charge in [-0.2, -0.15) is 9.97 Å². The van der Waals surface area contributed by atoms with E-state index in [1.165, 1.54) is 17.8 Å². The molecular weight excluding hydrogens is 508 g/mol. The first-order chi connectivity index (χ1) is 17.5. The van der Waals surface area contributed by atoms with Gasteiger partial charge in [0.15, 0.2) is 23.2 Å². The lowest BCUT2D eigenvalue weighted by Gasteiger charge is -2.26. The van der Waals surface area contributed by atoms with Crippen LogP contribution in [-0.2, 0) is 23.4 Å². The van der Waals surface area contributed by atoms with Gasteiger partial charge in [-0.3, -0.25) is 13.9 Å². The fourth-order valence-electron chi connectivity index (χ4n) is 3.47. The van der Waals surface area contributed by atoms with Gasteiger partial charge in [0.2, 0.25) is 5.95 Å². The second-order valence-corrected chi connectivity index (χ2v) is 10.1. The molecule has 0 spiro atoms. The zero-order valence-corrected chi connectivity index (χ0v) is 22.1. The van der Waals surface area contributed by atoms with E-state index in [9.17, 15) is 18.9 Å². The summed E-state index contributed by atoms with van der Waals surface area (Å²) in [5.41, 5.74) is 6.56. The van der Waals surface area contributed by atoms with Crippen molar-refractivity contribution < 1.29 is 32.9 Å². The van der Waals surface area contributed by atoms with Gasteiger partial charge in [-0.15, -0.1) is 6.42 Å². The number of nitrogens with zero attached hydrogens (tertiary/aromatic N) is 5. The number of nitrogen functional groups attached to an aromatic ring is 1.